The zero-order valence-electron chi connectivity index (χ0n) is 15.4. The Morgan fingerprint density at radius 1 is 1.21 bits per heavy atom. The van der Waals surface area contributed by atoms with Crippen molar-refractivity contribution in [3.63, 3.8) is 0 Å². The molecule has 4 heterocycles. The Morgan fingerprint density at radius 3 is 3.00 bits per heavy atom. The van der Waals surface area contributed by atoms with Crippen molar-refractivity contribution in [2.45, 2.75) is 19.4 Å². The molecule has 1 aromatic carbocycles. The standard InChI is InChI=1S/C21H21N3O4/c25-21(26)15-4-3-8-23(11-15)12-16-20(22-19-5-1-2-9-24(16)19)14-6-7-17-18(10-14)28-13-27-17/h1-2,5-7,9-10,15H,3-4,8,11-13H2,(H,25,26)/t15-/m1/s1. The van der Waals surface area contributed by atoms with E-state index in [0.717, 1.165) is 53.5 Å². The van der Waals surface area contributed by atoms with Crippen molar-refractivity contribution in [2.75, 3.05) is 19.9 Å². The minimum absolute atomic E-state index is 0.237. The summed E-state index contributed by atoms with van der Waals surface area (Å²) in [5.74, 6) is 0.458. The molecular formula is C21H21N3O4. The first-order valence-corrected chi connectivity index (χ1v) is 9.50. The molecule has 0 aliphatic carbocycles. The highest BCUT2D eigenvalue weighted by Crippen LogP contribution is 2.37. The monoisotopic (exact) mass is 379 g/mol. The summed E-state index contributed by atoms with van der Waals surface area (Å²) in [5, 5.41) is 9.41. The molecule has 28 heavy (non-hydrogen) atoms. The van der Waals surface area contributed by atoms with Crippen LogP contribution in [0.4, 0.5) is 0 Å². The molecule has 0 unspecified atom stereocenters. The van der Waals surface area contributed by atoms with Gasteiger partial charge in [0.15, 0.2) is 11.5 Å². The van der Waals surface area contributed by atoms with Gasteiger partial charge in [0.1, 0.15) is 5.65 Å². The molecule has 2 aliphatic heterocycles. The first kappa shape index (κ1) is 17.1. The van der Waals surface area contributed by atoms with Gasteiger partial charge in [-0.3, -0.25) is 9.69 Å². The molecule has 0 saturated carbocycles. The van der Waals surface area contributed by atoms with Crippen LogP contribution in [0.3, 0.4) is 0 Å². The third-order valence-corrected chi connectivity index (χ3v) is 5.50. The molecular weight excluding hydrogens is 358 g/mol. The summed E-state index contributed by atoms with van der Waals surface area (Å²) in [7, 11) is 0. The molecule has 1 N–H and O–H groups in total. The number of hydrogen-bond donors (Lipinski definition) is 1. The van der Waals surface area contributed by atoms with E-state index in [0.29, 0.717) is 13.1 Å². The van der Waals surface area contributed by atoms with Gasteiger partial charge in [-0.1, -0.05) is 6.07 Å². The SMILES string of the molecule is O=C(O)[C@@H]1CCCN(Cc2c(-c3ccc4c(c3)OCO4)nc3ccccn23)C1. The number of nitrogens with zero attached hydrogens (tertiary/aromatic N) is 3. The van der Waals surface area contributed by atoms with Gasteiger partial charge in [0.25, 0.3) is 0 Å². The average Bonchev–Trinajstić information content (AvgIpc) is 3.32. The van der Waals surface area contributed by atoms with Crippen molar-refractivity contribution in [3.8, 4) is 22.8 Å². The van der Waals surface area contributed by atoms with Crippen LogP contribution in [-0.2, 0) is 11.3 Å². The predicted octanol–water partition coefficient (Wildman–Crippen LogP) is 3.03. The summed E-state index contributed by atoms with van der Waals surface area (Å²) < 4.78 is 13.0. The molecule has 1 fully saturated rings. The van der Waals surface area contributed by atoms with Crippen molar-refractivity contribution in [3.05, 3.63) is 48.3 Å². The molecule has 0 bridgehead atoms. The molecule has 144 valence electrons. The number of carboxylic acid groups (broad SMARTS) is 1. The van der Waals surface area contributed by atoms with E-state index < -0.39 is 5.97 Å². The van der Waals surface area contributed by atoms with Crippen LogP contribution in [0, 0.1) is 5.92 Å². The van der Waals surface area contributed by atoms with E-state index >= 15 is 0 Å². The zero-order valence-corrected chi connectivity index (χ0v) is 15.4. The van der Waals surface area contributed by atoms with Crippen LogP contribution in [0.15, 0.2) is 42.6 Å². The Kier molecular flexibility index (Phi) is 4.16. The Balaban J connectivity index is 1.54. The number of ether oxygens (including phenoxy) is 2. The van der Waals surface area contributed by atoms with Gasteiger partial charge in [0, 0.05) is 24.8 Å². The third kappa shape index (κ3) is 2.97. The zero-order chi connectivity index (χ0) is 19.1. The number of pyridine rings is 1. The Bertz CT molecular complexity index is 1050. The van der Waals surface area contributed by atoms with Crippen LogP contribution in [0.1, 0.15) is 18.5 Å². The molecule has 7 nitrogen and oxygen atoms in total. The van der Waals surface area contributed by atoms with Crippen molar-refractivity contribution >= 4 is 11.6 Å². The van der Waals surface area contributed by atoms with Crippen LogP contribution < -0.4 is 9.47 Å². The van der Waals surface area contributed by atoms with E-state index in [1.54, 1.807) is 0 Å². The van der Waals surface area contributed by atoms with Gasteiger partial charge in [0.05, 0.1) is 17.3 Å². The molecule has 7 heteroatoms. The topological polar surface area (TPSA) is 76.3 Å². The maximum Gasteiger partial charge on any atom is 0.307 e. The van der Waals surface area contributed by atoms with Crippen molar-refractivity contribution in [1.29, 1.82) is 0 Å². The van der Waals surface area contributed by atoms with E-state index in [1.807, 2.05) is 42.6 Å². The molecule has 2 aliphatic rings. The van der Waals surface area contributed by atoms with Gasteiger partial charge >= 0.3 is 5.97 Å². The summed E-state index contributed by atoms with van der Waals surface area (Å²) in [4.78, 5) is 18.5. The highest BCUT2D eigenvalue weighted by atomic mass is 16.7. The highest BCUT2D eigenvalue weighted by Gasteiger charge is 2.27. The largest absolute Gasteiger partial charge is 0.481 e. The lowest BCUT2D eigenvalue weighted by Crippen LogP contribution is -2.38. The first-order valence-electron chi connectivity index (χ1n) is 9.50. The smallest absolute Gasteiger partial charge is 0.307 e. The molecule has 0 amide bonds. The Morgan fingerprint density at radius 2 is 2.11 bits per heavy atom. The number of likely N-dealkylation sites (tertiary alicyclic amines) is 1. The molecule has 3 aromatic rings. The number of piperidine rings is 1. The molecule has 0 spiro atoms. The van der Waals surface area contributed by atoms with Gasteiger partial charge in [-0.25, -0.2) is 4.98 Å². The molecule has 1 atom stereocenters. The van der Waals surface area contributed by atoms with E-state index in [2.05, 4.69) is 9.30 Å². The summed E-state index contributed by atoms with van der Waals surface area (Å²) in [6.45, 7) is 2.35. The van der Waals surface area contributed by atoms with E-state index in [1.165, 1.54) is 0 Å². The van der Waals surface area contributed by atoms with Crippen LogP contribution in [0.2, 0.25) is 0 Å². The van der Waals surface area contributed by atoms with Crippen LogP contribution in [0.5, 0.6) is 11.5 Å². The lowest BCUT2D eigenvalue weighted by atomic mass is 9.98. The molecule has 2 aromatic heterocycles. The highest BCUT2D eigenvalue weighted by molar-refractivity contribution is 5.71. The number of benzene rings is 1. The minimum Gasteiger partial charge on any atom is -0.481 e. The second-order valence-electron chi connectivity index (χ2n) is 7.32. The quantitative estimate of drug-likeness (QED) is 0.751. The lowest BCUT2D eigenvalue weighted by Gasteiger charge is -2.30. The second kappa shape index (κ2) is 6.83. The fourth-order valence-electron chi connectivity index (χ4n) is 4.09. The van der Waals surface area contributed by atoms with Crippen molar-refractivity contribution < 1.29 is 19.4 Å². The normalized spacial score (nSPS) is 19.2. The van der Waals surface area contributed by atoms with Crippen LogP contribution >= 0.6 is 0 Å². The van der Waals surface area contributed by atoms with Crippen LogP contribution in [0.25, 0.3) is 16.9 Å². The predicted molar refractivity (Wildman–Crippen MR) is 102 cm³/mol. The number of rotatable bonds is 4. The minimum atomic E-state index is -0.709. The number of aromatic nitrogens is 2. The van der Waals surface area contributed by atoms with Crippen LogP contribution in [-0.4, -0.2) is 45.2 Å². The first-order chi connectivity index (χ1) is 13.7. The number of carbonyl (C=O) groups is 1. The Hall–Kier alpha value is -3.06. The molecule has 0 radical (unpaired) electrons. The average molecular weight is 379 g/mol. The number of hydrogen-bond acceptors (Lipinski definition) is 5. The van der Waals surface area contributed by atoms with Gasteiger partial charge in [0.2, 0.25) is 6.79 Å². The summed E-state index contributed by atoms with van der Waals surface area (Å²) in [5.41, 5.74) is 3.79. The van der Waals surface area contributed by atoms with Crippen molar-refractivity contribution in [2.24, 2.45) is 5.92 Å². The second-order valence-corrected chi connectivity index (χ2v) is 7.32. The Labute approximate surface area is 162 Å². The van der Waals surface area contributed by atoms with Crippen molar-refractivity contribution in [1.82, 2.24) is 14.3 Å². The van der Waals surface area contributed by atoms with Gasteiger partial charge in [-0.2, -0.15) is 0 Å². The summed E-state index contributed by atoms with van der Waals surface area (Å²) in [6.07, 6.45) is 3.65. The number of aliphatic carboxylic acids is 1. The third-order valence-electron chi connectivity index (χ3n) is 5.50. The number of fused-ring (bicyclic) bond motifs is 2. The fraction of sp³-hybridized carbons (Fsp3) is 0.333. The van der Waals surface area contributed by atoms with E-state index in [-0.39, 0.29) is 12.7 Å². The van der Waals surface area contributed by atoms with Gasteiger partial charge in [-0.05, 0) is 49.7 Å². The summed E-state index contributed by atoms with van der Waals surface area (Å²) >= 11 is 0. The fourth-order valence-corrected chi connectivity index (χ4v) is 4.09. The van der Waals surface area contributed by atoms with E-state index in [4.69, 9.17) is 14.5 Å². The number of carboxylic acids is 1. The van der Waals surface area contributed by atoms with Gasteiger partial charge < -0.3 is 19.0 Å². The summed E-state index contributed by atoms with van der Waals surface area (Å²) in [6, 6.07) is 11.8. The maximum absolute atomic E-state index is 11.4. The maximum atomic E-state index is 11.4. The lowest BCUT2D eigenvalue weighted by molar-refractivity contribution is -0.143. The van der Waals surface area contributed by atoms with Gasteiger partial charge in [-0.15, -0.1) is 0 Å². The molecule has 1 saturated heterocycles. The number of imidazole rings is 1. The molecule has 5 rings (SSSR count). The van der Waals surface area contributed by atoms with E-state index in [9.17, 15) is 9.90 Å².